The lowest BCUT2D eigenvalue weighted by Gasteiger charge is -2.26. The van der Waals surface area contributed by atoms with Crippen LogP contribution in [-0.4, -0.2) is 65.9 Å². The number of urea groups is 1. The first-order chi connectivity index (χ1) is 19.7. The fraction of sp³-hybridized carbons (Fsp3) is 0.581. The van der Waals surface area contributed by atoms with E-state index in [9.17, 15) is 19.2 Å². The lowest BCUT2D eigenvalue weighted by Crippen LogP contribution is -2.38. The second-order valence-electron chi connectivity index (χ2n) is 11.3. The number of hydrogen-bond donors (Lipinski definition) is 2. The molecule has 2 aromatic rings. The SMILES string of the molecule is CC1CC1.Cc1ccc2c(c1)C(=O)N(C)C(=O)NC2C.O=CNCCN(CCC1CCCCC1)C(=O)c1ccno1. The molecule has 41 heavy (non-hydrogen) atoms. The van der Waals surface area contributed by atoms with Gasteiger partial charge in [-0.05, 0) is 43.7 Å². The average molecular weight is 568 g/mol. The summed E-state index contributed by atoms with van der Waals surface area (Å²) in [5.41, 5.74) is 2.49. The molecule has 2 N–H and O–H groups in total. The van der Waals surface area contributed by atoms with E-state index in [1.807, 2.05) is 32.0 Å². The molecule has 1 unspecified atom stereocenters. The number of hydrogen-bond acceptors (Lipinski definition) is 6. The van der Waals surface area contributed by atoms with E-state index >= 15 is 0 Å². The first-order valence-corrected chi connectivity index (χ1v) is 14.8. The molecule has 10 nitrogen and oxygen atoms in total. The summed E-state index contributed by atoms with van der Waals surface area (Å²) in [7, 11) is 1.49. The molecule has 2 heterocycles. The number of fused-ring (bicyclic) bond motifs is 1. The Morgan fingerprint density at radius 1 is 1.12 bits per heavy atom. The number of aromatic nitrogens is 1. The van der Waals surface area contributed by atoms with E-state index in [1.54, 1.807) is 11.0 Å². The number of aryl methyl sites for hydroxylation is 1. The van der Waals surface area contributed by atoms with Gasteiger partial charge in [0, 0.05) is 38.3 Å². The van der Waals surface area contributed by atoms with Gasteiger partial charge >= 0.3 is 6.03 Å². The van der Waals surface area contributed by atoms with Crippen LogP contribution in [0, 0.1) is 18.8 Å². The van der Waals surface area contributed by atoms with Crippen LogP contribution in [0.1, 0.15) is 103 Å². The summed E-state index contributed by atoms with van der Waals surface area (Å²) < 4.78 is 4.94. The molecule has 2 aliphatic carbocycles. The maximum atomic E-state index is 12.3. The van der Waals surface area contributed by atoms with Gasteiger partial charge in [0.2, 0.25) is 12.2 Å². The van der Waals surface area contributed by atoms with Crippen LogP contribution >= 0.6 is 0 Å². The van der Waals surface area contributed by atoms with Crippen LogP contribution in [0.2, 0.25) is 0 Å². The van der Waals surface area contributed by atoms with E-state index in [2.05, 4.69) is 22.7 Å². The van der Waals surface area contributed by atoms with Crippen LogP contribution in [0.4, 0.5) is 4.79 Å². The third-order valence-electron chi connectivity index (χ3n) is 7.80. The van der Waals surface area contributed by atoms with Gasteiger partial charge in [-0.25, -0.2) is 4.79 Å². The summed E-state index contributed by atoms with van der Waals surface area (Å²) in [5.74, 6) is 1.64. The molecular formula is C31H45N5O5. The van der Waals surface area contributed by atoms with E-state index in [1.165, 1.54) is 58.2 Å². The van der Waals surface area contributed by atoms with Crippen molar-refractivity contribution in [3.05, 3.63) is 52.9 Å². The van der Waals surface area contributed by atoms with Gasteiger partial charge in [-0.1, -0.05) is 74.7 Å². The topological polar surface area (TPSA) is 125 Å². The molecule has 2 saturated carbocycles. The Morgan fingerprint density at radius 2 is 1.83 bits per heavy atom. The summed E-state index contributed by atoms with van der Waals surface area (Å²) in [6.07, 6.45) is 12.6. The van der Waals surface area contributed by atoms with Gasteiger partial charge in [0.05, 0.1) is 12.2 Å². The standard InChI is InChI=1S/C15H23N3O3.C12H14N2O2.C4H8/c19-12-16-9-11-18(15(20)14-6-8-17-21-14)10-7-13-4-2-1-3-5-13;1-7-4-5-9-8(2)13-12(16)14(3)11(15)10(9)6-7;1-4-2-3-4/h6,8,12-13H,1-5,7,9-11H2,(H,16,19);4-6,8H,1-3H3,(H,13,16);4H,2-3H2,1H3. The highest BCUT2D eigenvalue weighted by Gasteiger charge is 2.28. The fourth-order valence-electron chi connectivity index (χ4n) is 4.90. The summed E-state index contributed by atoms with van der Waals surface area (Å²) in [4.78, 5) is 49.1. The molecule has 0 spiro atoms. The number of amides is 5. The molecule has 224 valence electrons. The molecule has 1 aromatic carbocycles. The zero-order valence-corrected chi connectivity index (χ0v) is 24.9. The van der Waals surface area contributed by atoms with Crippen molar-refractivity contribution >= 4 is 24.3 Å². The Bertz CT molecular complexity index is 1140. The third kappa shape index (κ3) is 10.0. The maximum absolute atomic E-state index is 12.3. The third-order valence-corrected chi connectivity index (χ3v) is 7.80. The van der Waals surface area contributed by atoms with Crippen LogP contribution in [0.3, 0.4) is 0 Å². The Hall–Kier alpha value is -3.69. The normalized spacial score (nSPS) is 18.4. The summed E-state index contributed by atoms with van der Waals surface area (Å²) in [5, 5.41) is 8.94. The molecule has 1 aliphatic heterocycles. The molecular weight excluding hydrogens is 522 g/mol. The second-order valence-corrected chi connectivity index (χ2v) is 11.3. The minimum absolute atomic E-state index is 0.142. The predicted molar refractivity (Wildman–Crippen MR) is 156 cm³/mol. The largest absolute Gasteiger partial charge is 0.357 e. The van der Waals surface area contributed by atoms with Gasteiger partial charge in [0.1, 0.15) is 0 Å². The first kappa shape index (κ1) is 31.8. The van der Waals surface area contributed by atoms with Crippen molar-refractivity contribution in [3.8, 4) is 0 Å². The van der Waals surface area contributed by atoms with E-state index in [-0.39, 0.29) is 29.6 Å². The minimum Gasteiger partial charge on any atom is -0.357 e. The van der Waals surface area contributed by atoms with E-state index in [4.69, 9.17) is 4.52 Å². The molecule has 0 saturated heterocycles. The highest BCUT2D eigenvalue weighted by molar-refractivity contribution is 6.06. The van der Waals surface area contributed by atoms with Gasteiger partial charge in [-0.15, -0.1) is 0 Å². The van der Waals surface area contributed by atoms with Crippen LogP contribution in [0.25, 0.3) is 0 Å². The summed E-state index contributed by atoms with van der Waals surface area (Å²) in [6.45, 7) is 7.72. The molecule has 5 rings (SSSR count). The Balaban J connectivity index is 0.000000203. The van der Waals surface area contributed by atoms with Crippen molar-refractivity contribution in [2.24, 2.45) is 11.8 Å². The van der Waals surface area contributed by atoms with Crippen molar-refractivity contribution in [1.29, 1.82) is 0 Å². The molecule has 0 bridgehead atoms. The fourth-order valence-corrected chi connectivity index (χ4v) is 4.90. The first-order valence-electron chi connectivity index (χ1n) is 14.8. The molecule has 5 amide bonds. The second kappa shape index (κ2) is 15.9. The Kier molecular flexibility index (Phi) is 12.4. The van der Waals surface area contributed by atoms with Crippen molar-refractivity contribution in [1.82, 2.24) is 25.6 Å². The molecule has 3 aliphatic rings. The molecule has 0 radical (unpaired) electrons. The van der Waals surface area contributed by atoms with Gasteiger partial charge in [-0.3, -0.25) is 19.3 Å². The average Bonchev–Trinajstić information content (AvgIpc) is 3.57. The maximum Gasteiger partial charge on any atom is 0.324 e. The number of carbonyl (C=O) groups is 4. The van der Waals surface area contributed by atoms with E-state index in [0.717, 1.165) is 28.4 Å². The number of imide groups is 1. The quantitative estimate of drug-likeness (QED) is 0.338. The minimum atomic E-state index is -0.355. The highest BCUT2D eigenvalue weighted by atomic mass is 16.5. The van der Waals surface area contributed by atoms with Gasteiger partial charge < -0.3 is 20.1 Å². The number of carbonyl (C=O) groups excluding carboxylic acids is 4. The van der Waals surface area contributed by atoms with E-state index in [0.29, 0.717) is 37.5 Å². The molecule has 10 heteroatoms. The monoisotopic (exact) mass is 567 g/mol. The van der Waals surface area contributed by atoms with Crippen LogP contribution in [0.5, 0.6) is 0 Å². The van der Waals surface area contributed by atoms with Crippen molar-refractivity contribution in [3.63, 3.8) is 0 Å². The highest BCUT2D eigenvalue weighted by Crippen LogP contribution is 2.27. The number of rotatable bonds is 8. The van der Waals surface area contributed by atoms with Crippen LogP contribution in [-0.2, 0) is 4.79 Å². The van der Waals surface area contributed by atoms with Gasteiger partial charge in [0.15, 0.2) is 0 Å². The zero-order chi connectivity index (χ0) is 29.8. The van der Waals surface area contributed by atoms with Gasteiger partial charge in [0.25, 0.3) is 11.8 Å². The van der Waals surface area contributed by atoms with Crippen molar-refractivity contribution in [2.75, 3.05) is 26.7 Å². The van der Waals surface area contributed by atoms with Crippen molar-refractivity contribution in [2.45, 2.75) is 78.2 Å². The lowest BCUT2D eigenvalue weighted by atomic mass is 9.87. The smallest absolute Gasteiger partial charge is 0.324 e. The van der Waals surface area contributed by atoms with Crippen LogP contribution < -0.4 is 10.6 Å². The molecule has 2 fully saturated rings. The van der Waals surface area contributed by atoms with E-state index < -0.39 is 0 Å². The van der Waals surface area contributed by atoms with Crippen LogP contribution in [0.15, 0.2) is 35.0 Å². The summed E-state index contributed by atoms with van der Waals surface area (Å²) in [6, 6.07) is 6.74. The zero-order valence-electron chi connectivity index (χ0n) is 24.9. The number of nitrogens with zero attached hydrogens (tertiary/aromatic N) is 3. The summed E-state index contributed by atoms with van der Waals surface area (Å²) >= 11 is 0. The van der Waals surface area contributed by atoms with Gasteiger partial charge in [-0.2, -0.15) is 0 Å². The number of benzene rings is 1. The molecule has 1 aromatic heterocycles. The predicted octanol–water partition coefficient (Wildman–Crippen LogP) is 5.10. The molecule has 1 atom stereocenters. The Morgan fingerprint density at radius 3 is 2.44 bits per heavy atom. The van der Waals surface area contributed by atoms with Crippen molar-refractivity contribution < 1.29 is 23.7 Å². The number of nitrogens with one attached hydrogen (secondary N) is 2. The lowest BCUT2D eigenvalue weighted by molar-refractivity contribution is -0.109. The Labute approximate surface area is 243 Å².